The molecule has 0 aliphatic heterocycles. The van der Waals surface area contributed by atoms with Gasteiger partial charge in [0.1, 0.15) is 0 Å². The first-order valence-corrected chi connectivity index (χ1v) is 9.42. The van der Waals surface area contributed by atoms with Crippen molar-refractivity contribution in [1.29, 1.82) is 0 Å². The van der Waals surface area contributed by atoms with Gasteiger partial charge in [-0.2, -0.15) is 5.10 Å². The number of hydrogen-bond donors (Lipinski definition) is 2. The van der Waals surface area contributed by atoms with Crippen molar-refractivity contribution in [3.63, 3.8) is 0 Å². The standard InChI is InChI=1S/C19H21N3O4S/c1-25-15-7-6-12(10-16(15)26-2)19(24)20-11-18(23)22-21-14-4-3-5-17-13(14)8-9-27-17/h6-10H,3-5,11H2,1-2H3,(H,20,24)(H,22,23). The monoisotopic (exact) mass is 387 g/mol. The fourth-order valence-corrected chi connectivity index (χ4v) is 3.81. The van der Waals surface area contributed by atoms with Gasteiger partial charge in [-0.1, -0.05) is 0 Å². The summed E-state index contributed by atoms with van der Waals surface area (Å²) in [5.41, 5.74) is 4.90. The van der Waals surface area contributed by atoms with Gasteiger partial charge in [0.2, 0.25) is 0 Å². The van der Waals surface area contributed by atoms with Crippen molar-refractivity contribution < 1.29 is 19.1 Å². The number of hydrogen-bond acceptors (Lipinski definition) is 6. The van der Waals surface area contributed by atoms with Crippen LogP contribution in [0, 0.1) is 0 Å². The van der Waals surface area contributed by atoms with Gasteiger partial charge in [0.15, 0.2) is 11.5 Å². The highest BCUT2D eigenvalue weighted by molar-refractivity contribution is 7.10. The Morgan fingerprint density at radius 1 is 1.15 bits per heavy atom. The molecule has 1 aromatic heterocycles. The summed E-state index contributed by atoms with van der Waals surface area (Å²) in [6.45, 7) is -0.166. The molecular formula is C19H21N3O4S. The molecule has 0 spiro atoms. The van der Waals surface area contributed by atoms with Crippen LogP contribution in [0.2, 0.25) is 0 Å². The van der Waals surface area contributed by atoms with Crippen LogP contribution in [0.1, 0.15) is 33.6 Å². The Hall–Kier alpha value is -2.87. The highest BCUT2D eigenvalue weighted by Gasteiger charge is 2.17. The lowest BCUT2D eigenvalue weighted by atomic mass is 9.97. The highest BCUT2D eigenvalue weighted by atomic mass is 32.1. The molecule has 0 bridgehead atoms. The highest BCUT2D eigenvalue weighted by Crippen LogP contribution is 2.27. The maximum Gasteiger partial charge on any atom is 0.259 e. The average molecular weight is 387 g/mol. The van der Waals surface area contributed by atoms with Crippen LogP contribution in [0.4, 0.5) is 0 Å². The fraction of sp³-hybridized carbons (Fsp3) is 0.316. The van der Waals surface area contributed by atoms with Gasteiger partial charge in [-0.3, -0.25) is 9.59 Å². The zero-order valence-electron chi connectivity index (χ0n) is 15.2. The largest absolute Gasteiger partial charge is 0.493 e. The van der Waals surface area contributed by atoms with E-state index in [1.807, 2.05) is 11.4 Å². The number of methoxy groups -OCH3 is 2. The average Bonchev–Trinajstić information content (AvgIpc) is 3.19. The summed E-state index contributed by atoms with van der Waals surface area (Å²) < 4.78 is 10.3. The SMILES string of the molecule is COc1ccc(C(=O)NCC(=O)NN=C2CCCc3sccc32)cc1OC. The molecular weight excluding hydrogens is 366 g/mol. The van der Waals surface area contributed by atoms with E-state index in [0.29, 0.717) is 17.1 Å². The molecule has 2 aromatic rings. The molecule has 1 aliphatic rings. The second-order valence-corrected chi connectivity index (χ2v) is 6.96. The maximum absolute atomic E-state index is 12.2. The smallest absolute Gasteiger partial charge is 0.259 e. The van der Waals surface area contributed by atoms with Crippen molar-refractivity contribution in [1.82, 2.24) is 10.7 Å². The number of ether oxygens (including phenoxy) is 2. The molecule has 8 heteroatoms. The minimum absolute atomic E-state index is 0.166. The quantitative estimate of drug-likeness (QED) is 0.745. The third-order valence-electron chi connectivity index (χ3n) is 4.24. The summed E-state index contributed by atoms with van der Waals surface area (Å²) in [5, 5.41) is 8.85. The summed E-state index contributed by atoms with van der Waals surface area (Å²) in [6.07, 6.45) is 2.92. The van der Waals surface area contributed by atoms with Crippen LogP contribution in [-0.4, -0.2) is 38.3 Å². The van der Waals surface area contributed by atoms with E-state index in [1.54, 1.807) is 29.5 Å². The molecule has 0 atom stereocenters. The number of carbonyl (C=O) groups excluding carboxylic acids is 2. The van der Waals surface area contributed by atoms with Crippen LogP contribution >= 0.6 is 11.3 Å². The molecule has 1 heterocycles. The molecule has 142 valence electrons. The van der Waals surface area contributed by atoms with Gasteiger partial charge >= 0.3 is 0 Å². The summed E-state index contributed by atoms with van der Waals surface area (Å²) in [6, 6.07) is 6.84. The second kappa shape index (κ2) is 8.68. The number of aryl methyl sites for hydroxylation is 1. The van der Waals surface area contributed by atoms with E-state index in [4.69, 9.17) is 9.47 Å². The Morgan fingerprint density at radius 3 is 2.74 bits per heavy atom. The van der Waals surface area contributed by atoms with Gasteiger partial charge < -0.3 is 14.8 Å². The van der Waals surface area contributed by atoms with E-state index in [-0.39, 0.29) is 18.4 Å². The Balaban J connectivity index is 1.55. The third-order valence-corrected chi connectivity index (χ3v) is 5.23. The Labute approximate surface area is 161 Å². The second-order valence-electron chi connectivity index (χ2n) is 5.96. The van der Waals surface area contributed by atoms with Crippen LogP contribution in [0.25, 0.3) is 0 Å². The molecule has 2 amide bonds. The lowest BCUT2D eigenvalue weighted by molar-refractivity contribution is -0.120. The molecule has 0 saturated heterocycles. The number of amides is 2. The van der Waals surface area contributed by atoms with E-state index in [9.17, 15) is 9.59 Å². The minimum atomic E-state index is -0.378. The minimum Gasteiger partial charge on any atom is -0.493 e. The Kier molecular flexibility index (Phi) is 6.08. The molecule has 27 heavy (non-hydrogen) atoms. The zero-order valence-corrected chi connectivity index (χ0v) is 16.0. The van der Waals surface area contributed by atoms with Gasteiger partial charge in [0.05, 0.1) is 26.5 Å². The fourth-order valence-electron chi connectivity index (χ4n) is 2.87. The van der Waals surface area contributed by atoms with Crippen LogP contribution < -0.4 is 20.2 Å². The summed E-state index contributed by atoms with van der Waals surface area (Å²) >= 11 is 1.71. The van der Waals surface area contributed by atoms with Crippen molar-refractivity contribution in [2.45, 2.75) is 19.3 Å². The van der Waals surface area contributed by atoms with Crippen LogP contribution in [0.3, 0.4) is 0 Å². The number of hydrazone groups is 1. The molecule has 0 unspecified atom stereocenters. The van der Waals surface area contributed by atoms with Gasteiger partial charge in [-0.05, 0) is 48.9 Å². The first-order valence-electron chi connectivity index (χ1n) is 8.54. The van der Waals surface area contributed by atoms with E-state index < -0.39 is 0 Å². The molecule has 2 N–H and O–H groups in total. The van der Waals surface area contributed by atoms with Crippen molar-refractivity contribution in [2.24, 2.45) is 5.10 Å². The lowest BCUT2D eigenvalue weighted by Gasteiger charge is -2.13. The molecule has 3 rings (SSSR count). The summed E-state index contributed by atoms with van der Waals surface area (Å²) in [4.78, 5) is 25.6. The van der Waals surface area contributed by atoms with E-state index in [2.05, 4.69) is 15.8 Å². The molecule has 1 aliphatic carbocycles. The number of nitrogens with one attached hydrogen (secondary N) is 2. The number of nitrogens with zero attached hydrogens (tertiary/aromatic N) is 1. The summed E-state index contributed by atoms with van der Waals surface area (Å²) in [7, 11) is 3.02. The van der Waals surface area contributed by atoms with Gasteiger partial charge in [-0.15, -0.1) is 11.3 Å². The van der Waals surface area contributed by atoms with Crippen molar-refractivity contribution >= 4 is 28.9 Å². The lowest BCUT2D eigenvalue weighted by Crippen LogP contribution is -2.35. The Morgan fingerprint density at radius 2 is 1.96 bits per heavy atom. The molecule has 0 radical (unpaired) electrons. The van der Waals surface area contributed by atoms with Crippen molar-refractivity contribution in [3.8, 4) is 11.5 Å². The van der Waals surface area contributed by atoms with Gasteiger partial charge in [-0.25, -0.2) is 5.43 Å². The van der Waals surface area contributed by atoms with Gasteiger partial charge in [0, 0.05) is 16.0 Å². The van der Waals surface area contributed by atoms with Crippen LogP contribution in [0.15, 0.2) is 34.7 Å². The number of rotatable bonds is 6. The molecule has 0 fully saturated rings. The topological polar surface area (TPSA) is 89.0 Å². The first kappa shape index (κ1) is 18.9. The number of thiophene rings is 1. The number of fused-ring (bicyclic) bond motifs is 1. The molecule has 1 aromatic carbocycles. The third kappa shape index (κ3) is 4.46. The normalized spacial score (nSPS) is 14.4. The number of benzene rings is 1. The Bertz CT molecular complexity index is 876. The van der Waals surface area contributed by atoms with E-state index in [1.165, 1.54) is 19.1 Å². The van der Waals surface area contributed by atoms with Crippen molar-refractivity contribution in [2.75, 3.05) is 20.8 Å². The van der Waals surface area contributed by atoms with Gasteiger partial charge in [0.25, 0.3) is 11.8 Å². The molecule has 7 nitrogen and oxygen atoms in total. The van der Waals surface area contributed by atoms with Crippen LogP contribution in [-0.2, 0) is 11.2 Å². The zero-order chi connectivity index (χ0) is 19.2. The maximum atomic E-state index is 12.2. The van der Waals surface area contributed by atoms with E-state index in [0.717, 1.165) is 30.5 Å². The summed E-state index contributed by atoms with van der Waals surface area (Å²) in [5.74, 6) is 0.225. The van der Waals surface area contributed by atoms with E-state index >= 15 is 0 Å². The first-order chi connectivity index (χ1) is 13.1. The predicted octanol–water partition coefficient (Wildman–Crippen LogP) is 2.35. The molecule has 0 saturated carbocycles. The predicted molar refractivity (Wildman–Crippen MR) is 104 cm³/mol. The van der Waals surface area contributed by atoms with Crippen molar-refractivity contribution in [3.05, 3.63) is 45.6 Å². The number of carbonyl (C=O) groups is 2. The van der Waals surface area contributed by atoms with Crippen LogP contribution in [0.5, 0.6) is 11.5 Å².